The molecule has 3 heteroatoms. The summed E-state index contributed by atoms with van der Waals surface area (Å²) in [7, 11) is 0. The van der Waals surface area contributed by atoms with Gasteiger partial charge in [0.2, 0.25) is 5.91 Å². The van der Waals surface area contributed by atoms with Crippen LogP contribution < -0.4 is 5.32 Å². The first-order chi connectivity index (χ1) is 10.3. The number of rotatable bonds is 4. The molecule has 0 radical (unpaired) electrons. The Bertz CT molecular complexity index is 504. The third-order valence-corrected chi connectivity index (χ3v) is 3.95. The van der Waals surface area contributed by atoms with Crippen LogP contribution in [-0.2, 0) is 11.3 Å². The molecule has 0 saturated heterocycles. The third kappa shape index (κ3) is 5.61. The maximum atomic E-state index is 11.9. The zero-order valence-corrected chi connectivity index (χ0v) is 12.4. The zero-order valence-electron chi connectivity index (χ0n) is 12.4. The number of aliphatic hydroxyl groups is 1. The summed E-state index contributed by atoms with van der Waals surface area (Å²) in [5, 5.41) is 11.6. The molecule has 2 N–H and O–H groups in total. The molecule has 0 aromatic heterocycles. The minimum absolute atomic E-state index is 0.126. The quantitative estimate of drug-likeness (QED) is 0.836. The lowest BCUT2D eigenvalue weighted by molar-refractivity contribution is -0.122. The van der Waals surface area contributed by atoms with Crippen LogP contribution in [0, 0.1) is 17.8 Å². The highest BCUT2D eigenvalue weighted by Crippen LogP contribution is 2.26. The van der Waals surface area contributed by atoms with Crippen LogP contribution >= 0.6 is 0 Å². The van der Waals surface area contributed by atoms with E-state index in [2.05, 4.69) is 17.2 Å². The topological polar surface area (TPSA) is 49.3 Å². The Labute approximate surface area is 126 Å². The molecule has 1 aromatic carbocycles. The zero-order chi connectivity index (χ0) is 14.9. The second-order valence-corrected chi connectivity index (χ2v) is 5.64. The molecule has 112 valence electrons. The summed E-state index contributed by atoms with van der Waals surface area (Å²) < 4.78 is 0. The van der Waals surface area contributed by atoms with E-state index in [1.54, 1.807) is 0 Å². The van der Waals surface area contributed by atoms with Gasteiger partial charge in [0, 0.05) is 18.5 Å². The highest BCUT2D eigenvalue weighted by atomic mass is 16.2. The molecule has 0 aliphatic heterocycles. The van der Waals surface area contributed by atoms with Gasteiger partial charge in [-0.05, 0) is 36.5 Å². The van der Waals surface area contributed by atoms with E-state index in [-0.39, 0.29) is 12.5 Å². The molecule has 2 rings (SSSR count). The molecule has 3 nitrogen and oxygen atoms in total. The van der Waals surface area contributed by atoms with E-state index in [0.29, 0.717) is 18.9 Å². The van der Waals surface area contributed by atoms with E-state index in [9.17, 15) is 4.79 Å². The molecule has 0 spiro atoms. The van der Waals surface area contributed by atoms with Crippen molar-refractivity contribution in [1.29, 1.82) is 0 Å². The van der Waals surface area contributed by atoms with Crippen molar-refractivity contribution in [2.45, 2.75) is 45.1 Å². The number of nitrogens with one attached hydrogen (secondary N) is 1. The summed E-state index contributed by atoms with van der Waals surface area (Å²) >= 11 is 0. The van der Waals surface area contributed by atoms with Crippen LogP contribution in [0.15, 0.2) is 24.3 Å². The summed E-state index contributed by atoms with van der Waals surface area (Å²) in [4.78, 5) is 11.9. The molecule has 21 heavy (non-hydrogen) atoms. The fourth-order valence-corrected chi connectivity index (χ4v) is 2.77. The van der Waals surface area contributed by atoms with E-state index in [1.807, 2.05) is 24.3 Å². The van der Waals surface area contributed by atoms with Crippen LogP contribution in [0.25, 0.3) is 0 Å². The smallest absolute Gasteiger partial charge is 0.220 e. The predicted molar refractivity (Wildman–Crippen MR) is 83.4 cm³/mol. The average molecular weight is 285 g/mol. The number of hydrogen-bond donors (Lipinski definition) is 2. The first kappa shape index (κ1) is 15.6. The van der Waals surface area contributed by atoms with Crippen molar-refractivity contribution in [2.75, 3.05) is 6.61 Å². The van der Waals surface area contributed by atoms with Gasteiger partial charge < -0.3 is 10.4 Å². The second kappa shape index (κ2) is 8.49. The minimum atomic E-state index is -0.126. The standard InChI is InChI=1S/C18H23NO2/c20-12-4-7-15-8-10-17(11-9-15)14-19-18(21)13-16-5-2-1-3-6-16/h8-11,16,20H,1-3,5-6,12-14H2,(H,19,21). The van der Waals surface area contributed by atoms with Crippen molar-refractivity contribution in [2.24, 2.45) is 5.92 Å². The highest BCUT2D eigenvalue weighted by Gasteiger charge is 2.16. The van der Waals surface area contributed by atoms with Crippen molar-refractivity contribution in [3.63, 3.8) is 0 Å². The van der Waals surface area contributed by atoms with Gasteiger partial charge in [-0.15, -0.1) is 0 Å². The van der Waals surface area contributed by atoms with Gasteiger partial charge in [0.1, 0.15) is 6.61 Å². The normalized spacial score (nSPS) is 15.1. The maximum absolute atomic E-state index is 11.9. The lowest BCUT2D eigenvalue weighted by atomic mass is 9.87. The number of benzene rings is 1. The summed E-state index contributed by atoms with van der Waals surface area (Å²) in [6, 6.07) is 7.74. The Morgan fingerprint density at radius 2 is 1.90 bits per heavy atom. The van der Waals surface area contributed by atoms with Gasteiger partial charge in [0.25, 0.3) is 0 Å². The van der Waals surface area contributed by atoms with Gasteiger partial charge >= 0.3 is 0 Å². The van der Waals surface area contributed by atoms with Gasteiger partial charge in [-0.25, -0.2) is 0 Å². The molecule has 1 amide bonds. The fourth-order valence-electron chi connectivity index (χ4n) is 2.77. The van der Waals surface area contributed by atoms with E-state index in [0.717, 1.165) is 11.1 Å². The van der Waals surface area contributed by atoms with Crippen molar-refractivity contribution in [1.82, 2.24) is 5.32 Å². The first-order valence-electron chi connectivity index (χ1n) is 7.73. The summed E-state index contributed by atoms with van der Waals surface area (Å²) in [6.07, 6.45) is 6.93. The highest BCUT2D eigenvalue weighted by molar-refractivity contribution is 5.76. The summed E-state index contributed by atoms with van der Waals surface area (Å²) in [6.45, 7) is 0.443. The van der Waals surface area contributed by atoms with Gasteiger partial charge in [-0.1, -0.05) is 43.2 Å². The largest absolute Gasteiger partial charge is 0.384 e. The van der Waals surface area contributed by atoms with Gasteiger partial charge in [0.05, 0.1) is 0 Å². The van der Waals surface area contributed by atoms with E-state index >= 15 is 0 Å². The van der Waals surface area contributed by atoms with Crippen LogP contribution in [0.4, 0.5) is 0 Å². The monoisotopic (exact) mass is 285 g/mol. The molecule has 1 aliphatic carbocycles. The van der Waals surface area contributed by atoms with Gasteiger partial charge in [-0.2, -0.15) is 0 Å². The Hall–Kier alpha value is -1.79. The molecule has 0 heterocycles. The van der Waals surface area contributed by atoms with Crippen molar-refractivity contribution < 1.29 is 9.90 Å². The molecular weight excluding hydrogens is 262 g/mol. The Morgan fingerprint density at radius 3 is 2.57 bits per heavy atom. The molecular formula is C18H23NO2. The Balaban J connectivity index is 1.75. The van der Waals surface area contributed by atoms with Crippen LogP contribution in [0.2, 0.25) is 0 Å². The number of aliphatic hydroxyl groups excluding tert-OH is 1. The predicted octanol–water partition coefficient (Wildman–Crippen LogP) is 2.62. The third-order valence-electron chi connectivity index (χ3n) is 3.95. The maximum Gasteiger partial charge on any atom is 0.220 e. The summed E-state index contributed by atoms with van der Waals surface area (Å²) in [5.41, 5.74) is 1.95. The molecule has 1 aliphatic rings. The molecule has 1 saturated carbocycles. The summed E-state index contributed by atoms with van der Waals surface area (Å²) in [5.74, 6) is 6.21. The van der Waals surface area contributed by atoms with Gasteiger partial charge in [-0.3, -0.25) is 4.79 Å². The van der Waals surface area contributed by atoms with Crippen LogP contribution in [0.3, 0.4) is 0 Å². The fraction of sp³-hybridized carbons (Fsp3) is 0.500. The lowest BCUT2D eigenvalue weighted by Gasteiger charge is -2.20. The minimum Gasteiger partial charge on any atom is -0.384 e. The van der Waals surface area contributed by atoms with E-state index < -0.39 is 0 Å². The molecule has 0 unspecified atom stereocenters. The molecule has 0 atom stereocenters. The second-order valence-electron chi connectivity index (χ2n) is 5.64. The van der Waals surface area contributed by atoms with Crippen molar-refractivity contribution in [3.05, 3.63) is 35.4 Å². The van der Waals surface area contributed by atoms with Gasteiger partial charge in [0.15, 0.2) is 0 Å². The lowest BCUT2D eigenvalue weighted by Crippen LogP contribution is -2.25. The Morgan fingerprint density at radius 1 is 1.19 bits per heavy atom. The molecule has 1 aromatic rings. The van der Waals surface area contributed by atoms with Crippen LogP contribution in [-0.4, -0.2) is 17.6 Å². The number of carbonyl (C=O) groups is 1. The van der Waals surface area contributed by atoms with Crippen LogP contribution in [0.5, 0.6) is 0 Å². The van der Waals surface area contributed by atoms with Crippen molar-refractivity contribution >= 4 is 5.91 Å². The number of amides is 1. The van der Waals surface area contributed by atoms with Crippen molar-refractivity contribution in [3.8, 4) is 11.8 Å². The molecule has 1 fully saturated rings. The number of hydrogen-bond acceptors (Lipinski definition) is 2. The average Bonchev–Trinajstić information content (AvgIpc) is 2.53. The van der Waals surface area contributed by atoms with Crippen LogP contribution in [0.1, 0.15) is 49.7 Å². The first-order valence-corrected chi connectivity index (χ1v) is 7.73. The van der Waals surface area contributed by atoms with E-state index in [1.165, 1.54) is 32.1 Å². The van der Waals surface area contributed by atoms with E-state index in [4.69, 9.17) is 5.11 Å². The Kier molecular flexibility index (Phi) is 6.30. The SMILES string of the molecule is O=C(CC1CCCCC1)NCc1ccc(C#CCO)cc1. The molecule has 0 bridgehead atoms. The number of carbonyl (C=O) groups excluding carboxylic acids is 1.